The maximum Gasteiger partial charge on any atom is 0.327 e. The largest absolute Gasteiger partial charge is 0.480 e. The predicted molar refractivity (Wildman–Crippen MR) is 87.9 cm³/mol. The van der Waals surface area contributed by atoms with Gasteiger partial charge in [-0.25, -0.2) is 9.59 Å². The number of aliphatic carboxylic acids is 1. The van der Waals surface area contributed by atoms with Crippen molar-refractivity contribution in [3.63, 3.8) is 0 Å². The van der Waals surface area contributed by atoms with Crippen molar-refractivity contribution < 1.29 is 14.7 Å². The number of urea groups is 1. The van der Waals surface area contributed by atoms with Crippen molar-refractivity contribution in [3.8, 4) is 0 Å². The molecule has 0 aromatic rings. The van der Waals surface area contributed by atoms with Crippen molar-refractivity contribution in [3.05, 3.63) is 0 Å². The van der Waals surface area contributed by atoms with E-state index in [1.54, 1.807) is 16.7 Å². The van der Waals surface area contributed by atoms with Crippen molar-refractivity contribution in [2.45, 2.75) is 62.2 Å². The third-order valence-corrected chi connectivity index (χ3v) is 6.88. The first kappa shape index (κ1) is 16.8. The molecule has 1 saturated carbocycles. The number of carbonyl (C=O) groups excluding carboxylic acids is 1. The lowest BCUT2D eigenvalue weighted by Crippen LogP contribution is -2.53. The number of carbonyl (C=O) groups is 2. The van der Waals surface area contributed by atoms with Crippen LogP contribution in [0.4, 0.5) is 4.79 Å². The van der Waals surface area contributed by atoms with Crippen molar-refractivity contribution in [1.29, 1.82) is 0 Å². The van der Waals surface area contributed by atoms with Gasteiger partial charge in [-0.15, -0.1) is 11.8 Å². The highest BCUT2D eigenvalue weighted by Gasteiger charge is 2.42. The maximum absolute atomic E-state index is 12.6. The summed E-state index contributed by atoms with van der Waals surface area (Å²) in [6, 6.07) is -0.716. The fourth-order valence-corrected chi connectivity index (χ4v) is 5.62. The van der Waals surface area contributed by atoms with Gasteiger partial charge in [0.1, 0.15) is 6.04 Å². The third-order valence-electron chi connectivity index (χ3n) is 4.10. The Bertz CT molecular complexity index is 394. The Hall–Kier alpha value is -0.560. The molecule has 0 spiro atoms. The van der Waals surface area contributed by atoms with E-state index < -0.39 is 12.0 Å². The molecule has 2 fully saturated rings. The molecule has 1 aliphatic carbocycles. The van der Waals surface area contributed by atoms with Crippen LogP contribution in [-0.4, -0.2) is 56.2 Å². The molecule has 7 heteroatoms. The minimum atomic E-state index is -0.903. The second-order valence-electron chi connectivity index (χ2n) is 5.44. The van der Waals surface area contributed by atoms with Gasteiger partial charge in [0.15, 0.2) is 0 Å². The summed E-state index contributed by atoms with van der Waals surface area (Å²) in [6.07, 6.45) is 4.05. The Morgan fingerprint density at radius 3 is 2.76 bits per heavy atom. The molecule has 2 amide bonds. The number of nitrogens with one attached hydrogen (secondary N) is 1. The molecule has 21 heavy (non-hydrogen) atoms. The highest BCUT2D eigenvalue weighted by molar-refractivity contribution is 8.00. The quantitative estimate of drug-likeness (QED) is 0.810. The maximum atomic E-state index is 12.6. The fourth-order valence-electron chi connectivity index (χ4n) is 3.08. The van der Waals surface area contributed by atoms with Gasteiger partial charge in [-0.2, -0.15) is 11.8 Å². The summed E-state index contributed by atoms with van der Waals surface area (Å²) < 4.78 is 0. The van der Waals surface area contributed by atoms with E-state index in [0.29, 0.717) is 11.0 Å². The van der Waals surface area contributed by atoms with Gasteiger partial charge < -0.3 is 10.4 Å². The lowest BCUT2D eigenvalue weighted by molar-refractivity contribution is -0.141. The Morgan fingerprint density at radius 1 is 1.38 bits per heavy atom. The van der Waals surface area contributed by atoms with Crippen LogP contribution in [0.3, 0.4) is 0 Å². The van der Waals surface area contributed by atoms with Crippen molar-refractivity contribution >= 4 is 35.5 Å². The Balaban J connectivity index is 2.01. The van der Waals surface area contributed by atoms with Gasteiger partial charge >= 0.3 is 12.0 Å². The van der Waals surface area contributed by atoms with Gasteiger partial charge in [0.25, 0.3) is 0 Å². The number of carboxylic acids is 1. The van der Waals surface area contributed by atoms with Crippen LogP contribution < -0.4 is 5.32 Å². The molecule has 0 aromatic heterocycles. The topological polar surface area (TPSA) is 69.6 Å². The first-order chi connectivity index (χ1) is 10.1. The van der Waals surface area contributed by atoms with Crippen molar-refractivity contribution in [1.82, 2.24) is 10.2 Å². The van der Waals surface area contributed by atoms with E-state index in [1.807, 2.05) is 18.7 Å². The predicted octanol–water partition coefficient (Wildman–Crippen LogP) is 2.61. The summed E-state index contributed by atoms with van der Waals surface area (Å²) in [5.74, 6) is 0.630. The van der Waals surface area contributed by atoms with E-state index >= 15 is 0 Å². The van der Waals surface area contributed by atoms with Crippen LogP contribution in [0, 0.1) is 0 Å². The molecular weight excluding hydrogens is 308 g/mol. The molecule has 0 aromatic carbocycles. The second kappa shape index (κ2) is 7.63. The minimum absolute atomic E-state index is 0.0234. The summed E-state index contributed by atoms with van der Waals surface area (Å²) >= 11 is 3.45. The van der Waals surface area contributed by atoms with Crippen molar-refractivity contribution in [2.75, 3.05) is 11.5 Å². The number of carboxylic acid groups (broad SMARTS) is 1. The monoisotopic (exact) mass is 332 g/mol. The van der Waals surface area contributed by atoms with Crippen LogP contribution in [0.25, 0.3) is 0 Å². The second-order valence-corrected chi connectivity index (χ2v) is 8.17. The Kier molecular flexibility index (Phi) is 6.10. The first-order valence-electron chi connectivity index (χ1n) is 7.63. The summed E-state index contributed by atoms with van der Waals surface area (Å²) in [5, 5.41) is 12.8. The van der Waals surface area contributed by atoms with E-state index in [4.69, 9.17) is 0 Å². The molecule has 1 saturated heterocycles. The van der Waals surface area contributed by atoms with E-state index in [1.165, 1.54) is 0 Å². The minimum Gasteiger partial charge on any atom is -0.480 e. The normalized spacial score (nSPS) is 32.4. The van der Waals surface area contributed by atoms with Gasteiger partial charge in [0.2, 0.25) is 0 Å². The van der Waals surface area contributed by atoms with Crippen LogP contribution in [0.2, 0.25) is 0 Å². The summed E-state index contributed by atoms with van der Waals surface area (Å²) in [7, 11) is 0. The number of nitrogens with zero attached hydrogens (tertiary/aromatic N) is 1. The zero-order chi connectivity index (χ0) is 15.4. The summed E-state index contributed by atoms with van der Waals surface area (Å²) in [4.78, 5) is 25.4. The third kappa shape index (κ3) is 3.80. The zero-order valence-corrected chi connectivity index (χ0v) is 14.2. The first-order valence-corrected chi connectivity index (χ1v) is 9.73. The number of thioether (sulfide) groups is 2. The highest BCUT2D eigenvalue weighted by Crippen LogP contribution is 2.33. The average Bonchev–Trinajstić information content (AvgIpc) is 3.05. The summed E-state index contributed by atoms with van der Waals surface area (Å²) in [6.45, 7) is 4.13. The van der Waals surface area contributed by atoms with Crippen LogP contribution >= 0.6 is 23.5 Å². The zero-order valence-electron chi connectivity index (χ0n) is 12.6. The van der Waals surface area contributed by atoms with Gasteiger partial charge in [-0.1, -0.05) is 20.3 Å². The van der Waals surface area contributed by atoms with Crippen LogP contribution in [0.1, 0.15) is 39.5 Å². The lowest BCUT2D eigenvalue weighted by atomic mass is 10.2. The van der Waals surface area contributed by atoms with Crippen molar-refractivity contribution in [2.24, 2.45) is 0 Å². The molecule has 1 aliphatic heterocycles. The van der Waals surface area contributed by atoms with Gasteiger partial charge in [-0.05, 0) is 25.0 Å². The van der Waals surface area contributed by atoms with Crippen LogP contribution in [0.5, 0.6) is 0 Å². The molecule has 2 rings (SSSR count). The smallest absolute Gasteiger partial charge is 0.327 e. The highest BCUT2D eigenvalue weighted by atomic mass is 32.2. The molecule has 1 heterocycles. The number of hydrogen-bond donors (Lipinski definition) is 2. The van der Waals surface area contributed by atoms with Gasteiger partial charge in [0.05, 0.1) is 5.37 Å². The number of amides is 2. The lowest BCUT2D eigenvalue weighted by Gasteiger charge is -2.30. The molecule has 2 aliphatic rings. The van der Waals surface area contributed by atoms with Gasteiger partial charge in [0, 0.05) is 17.0 Å². The molecule has 4 unspecified atom stereocenters. The van der Waals surface area contributed by atoms with Crippen LogP contribution in [-0.2, 0) is 4.79 Å². The molecule has 0 bridgehead atoms. The Morgan fingerprint density at radius 2 is 2.14 bits per heavy atom. The fraction of sp³-hybridized carbons (Fsp3) is 0.857. The van der Waals surface area contributed by atoms with E-state index in [0.717, 1.165) is 31.4 Å². The molecule has 120 valence electrons. The number of rotatable bonds is 5. The van der Waals surface area contributed by atoms with E-state index in [9.17, 15) is 14.7 Å². The summed E-state index contributed by atoms with van der Waals surface area (Å²) in [5.41, 5.74) is 0. The molecule has 5 nitrogen and oxygen atoms in total. The number of hydrogen-bond acceptors (Lipinski definition) is 4. The van der Waals surface area contributed by atoms with E-state index in [-0.39, 0.29) is 17.4 Å². The SMILES string of the molecule is CCSC1CCCC1NC(=O)N1C(CC)SCC1C(=O)O. The molecule has 0 radical (unpaired) electrons. The van der Waals surface area contributed by atoms with Gasteiger partial charge in [-0.3, -0.25) is 4.90 Å². The van der Waals surface area contributed by atoms with Crippen LogP contribution in [0.15, 0.2) is 0 Å². The standard InChI is InChI=1S/C14H24N2O3S2/c1-3-12-16(10(8-21-12)13(17)18)14(19)15-9-6-5-7-11(9)20-4-2/h9-12H,3-8H2,1-2H3,(H,15,19)(H,17,18). The molecular formula is C14H24N2O3S2. The Labute approximate surface area is 134 Å². The average molecular weight is 332 g/mol. The molecule has 2 N–H and O–H groups in total. The van der Waals surface area contributed by atoms with E-state index in [2.05, 4.69) is 12.2 Å². The molecule has 4 atom stereocenters.